The fraction of sp³-hybridized carbons (Fsp3) is 0.273. The number of carbonyl (C=O) groups is 2. The molecule has 2 aromatic carbocycles. The summed E-state index contributed by atoms with van der Waals surface area (Å²) in [4.78, 5) is 23.0. The minimum absolute atomic E-state index is 0.109. The van der Waals surface area contributed by atoms with Crippen LogP contribution in [0.4, 0.5) is 10.5 Å². The molecule has 1 unspecified atom stereocenters. The lowest BCUT2D eigenvalue weighted by Crippen LogP contribution is -2.24. The topological polar surface area (TPSA) is 84.2 Å². The van der Waals surface area contributed by atoms with E-state index in [-0.39, 0.29) is 17.4 Å². The van der Waals surface area contributed by atoms with Gasteiger partial charge in [-0.1, -0.05) is 57.2 Å². The maximum atomic E-state index is 12.2. The third kappa shape index (κ3) is 6.29. The Kier molecular flexibility index (Phi) is 6.40. The zero-order valence-corrected chi connectivity index (χ0v) is 16.2. The van der Waals surface area contributed by atoms with Crippen LogP contribution >= 0.6 is 0 Å². The summed E-state index contributed by atoms with van der Waals surface area (Å²) >= 11 is 0. The van der Waals surface area contributed by atoms with Crippen LogP contribution in [0, 0.1) is 0 Å². The minimum Gasteiger partial charge on any atom is -0.351 e. The normalized spacial score (nSPS) is 12.6. The van der Waals surface area contributed by atoms with Gasteiger partial charge in [-0.05, 0) is 47.2 Å². The number of hydrogen-bond acceptors (Lipinski definition) is 2. The fourth-order valence-electron chi connectivity index (χ4n) is 2.61. The van der Waals surface area contributed by atoms with Crippen LogP contribution in [0.2, 0.25) is 0 Å². The molecule has 0 aliphatic rings. The lowest BCUT2D eigenvalue weighted by Gasteiger charge is -2.18. The van der Waals surface area contributed by atoms with Gasteiger partial charge in [0, 0.05) is 11.8 Å². The molecule has 5 heteroatoms. The van der Waals surface area contributed by atoms with Crippen LogP contribution in [0.3, 0.4) is 0 Å². The number of anilines is 1. The molecule has 4 N–H and O–H groups in total. The van der Waals surface area contributed by atoms with Crippen molar-refractivity contribution in [1.29, 1.82) is 0 Å². The van der Waals surface area contributed by atoms with E-state index in [1.54, 1.807) is 18.2 Å². The molecule has 2 rings (SSSR count). The molecule has 0 radical (unpaired) electrons. The first-order chi connectivity index (χ1) is 12.6. The third-order valence-corrected chi connectivity index (χ3v) is 4.24. The average molecular weight is 365 g/mol. The Labute approximate surface area is 160 Å². The molecule has 0 aliphatic heterocycles. The van der Waals surface area contributed by atoms with Crippen molar-refractivity contribution in [3.8, 4) is 0 Å². The third-order valence-electron chi connectivity index (χ3n) is 4.24. The Hall–Kier alpha value is -3.08. The summed E-state index contributed by atoms with van der Waals surface area (Å²) in [6, 6.07) is 14.6. The van der Waals surface area contributed by atoms with Crippen LogP contribution < -0.4 is 16.4 Å². The molecule has 5 nitrogen and oxygen atoms in total. The Balaban J connectivity index is 1.94. The number of carbonyl (C=O) groups excluding carboxylic acids is 2. The molecule has 2 aromatic rings. The van der Waals surface area contributed by atoms with E-state index in [1.165, 1.54) is 11.6 Å². The first-order valence-corrected chi connectivity index (χ1v) is 8.91. The highest BCUT2D eigenvalue weighted by Crippen LogP contribution is 2.22. The summed E-state index contributed by atoms with van der Waals surface area (Å²) in [6.45, 7) is 8.41. The highest BCUT2D eigenvalue weighted by atomic mass is 16.2. The fourth-order valence-corrected chi connectivity index (χ4v) is 2.61. The molecule has 142 valence electrons. The zero-order chi connectivity index (χ0) is 20.0. The van der Waals surface area contributed by atoms with E-state index in [0.717, 1.165) is 11.1 Å². The molecule has 0 heterocycles. The number of benzene rings is 2. The largest absolute Gasteiger partial charge is 0.351 e. The second kappa shape index (κ2) is 8.54. The van der Waals surface area contributed by atoms with Crippen LogP contribution in [0.1, 0.15) is 50.4 Å². The van der Waals surface area contributed by atoms with Crippen LogP contribution in [0.15, 0.2) is 54.6 Å². The van der Waals surface area contributed by atoms with Gasteiger partial charge < -0.3 is 16.4 Å². The standard InChI is InChI=1S/C22H27N3O2/c1-15(17-8-12-19(13-9-17)25-21(23)27)24-20(26)14-7-16-5-10-18(11-6-16)22(2,3)4/h5-15H,1-4H3,(H,24,26)(H3,23,25,27). The molecule has 0 saturated carbocycles. The van der Waals surface area contributed by atoms with Gasteiger partial charge in [0.25, 0.3) is 0 Å². The van der Waals surface area contributed by atoms with Gasteiger partial charge in [0.05, 0.1) is 6.04 Å². The second-order valence-corrected chi connectivity index (χ2v) is 7.55. The summed E-state index contributed by atoms with van der Waals surface area (Å²) in [6.07, 6.45) is 3.33. The van der Waals surface area contributed by atoms with Gasteiger partial charge in [0.2, 0.25) is 5.91 Å². The molecule has 0 fully saturated rings. The number of nitrogens with two attached hydrogens (primary N) is 1. The summed E-state index contributed by atoms with van der Waals surface area (Å²) < 4.78 is 0. The van der Waals surface area contributed by atoms with E-state index in [2.05, 4.69) is 43.5 Å². The average Bonchev–Trinajstić information content (AvgIpc) is 2.59. The lowest BCUT2D eigenvalue weighted by atomic mass is 9.87. The number of nitrogens with one attached hydrogen (secondary N) is 2. The maximum Gasteiger partial charge on any atom is 0.316 e. The van der Waals surface area contributed by atoms with E-state index in [0.29, 0.717) is 5.69 Å². The number of rotatable bonds is 5. The molecule has 0 aliphatic carbocycles. The first kappa shape index (κ1) is 20.2. The van der Waals surface area contributed by atoms with Gasteiger partial charge in [0.1, 0.15) is 0 Å². The van der Waals surface area contributed by atoms with E-state index < -0.39 is 6.03 Å². The predicted octanol–water partition coefficient (Wildman–Crippen LogP) is 4.37. The zero-order valence-electron chi connectivity index (χ0n) is 16.2. The summed E-state index contributed by atoms with van der Waals surface area (Å²) in [7, 11) is 0. The summed E-state index contributed by atoms with van der Waals surface area (Å²) in [5, 5.41) is 5.43. The van der Waals surface area contributed by atoms with Gasteiger partial charge in [-0.15, -0.1) is 0 Å². The van der Waals surface area contributed by atoms with Crippen molar-refractivity contribution in [2.75, 3.05) is 5.32 Å². The number of hydrogen-bond donors (Lipinski definition) is 3. The SMILES string of the molecule is CC(NC(=O)C=Cc1ccc(C(C)(C)C)cc1)c1ccc(NC(N)=O)cc1. The molecule has 3 amide bonds. The molecule has 1 atom stereocenters. The smallest absolute Gasteiger partial charge is 0.316 e. The van der Waals surface area contributed by atoms with E-state index in [9.17, 15) is 9.59 Å². The van der Waals surface area contributed by atoms with Crippen LogP contribution in [-0.4, -0.2) is 11.9 Å². The van der Waals surface area contributed by atoms with Gasteiger partial charge in [0.15, 0.2) is 0 Å². The maximum absolute atomic E-state index is 12.2. The number of urea groups is 1. The van der Waals surface area contributed by atoms with Crippen LogP contribution in [0.5, 0.6) is 0 Å². The Bertz CT molecular complexity index is 816. The molecule has 27 heavy (non-hydrogen) atoms. The lowest BCUT2D eigenvalue weighted by molar-refractivity contribution is -0.117. The van der Waals surface area contributed by atoms with E-state index >= 15 is 0 Å². The van der Waals surface area contributed by atoms with Crippen molar-refractivity contribution >= 4 is 23.7 Å². The van der Waals surface area contributed by atoms with Crippen LogP contribution in [0.25, 0.3) is 6.08 Å². The summed E-state index contributed by atoms with van der Waals surface area (Å²) in [5.74, 6) is -0.165. The van der Waals surface area contributed by atoms with Crippen LogP contribution in [-0.2, 0) is 10.2 Å². The summed E-state index contributed by atoms with van der Waals surface area (Å²) in [5.41, 5.74) is 8.97. The van der Waals surface area contributed by atoms with Gasteiger partial charge in [-0.3, -0.25) is 4.79 Å². The second-order valence-electron chi connectivity index (χ2n) is 7.55. The number of primary amides is 1. The Morgan fingerprint density at radius 1 is 1.00 bits per heavy atom. The Morgan fingerprint density at radius 2 is 1.59 bits per heavy atom. The van der Waals surface area contributed by atoms with Gasteiger partial charge in [-0.25, -0.2) is 4.79 Å². The van der Waals surface area contributed by atoms with E-state index in [4.69, 9.17) is 5.73 Å². The van der Waals surface area contributed by atoms with E-state index in [1.807, 2.05) is 31.2 Å². The van der Waals surface area contributed by atoms with Gasteiger partial charge >= 0.3 is 6.03 Å². The van der Waals surface area contributed by atoms with Crippen molar-refractivity contribution in [3.63, 3.8) is 0 Å². The molecular weight excluding hydrogens is 338 g/mol. The molecule has 0 saturated heterocycles. The highest BCUT2D eigenvalue weighted by molar-refractivity contribution is 5.92. The van der Waals surface area contributed by atoms with Crippen molar-refractivity contribution in [2.24, 2.45) is 5.73 Å². The predicted molar refractivity (Wildman–Crippen MR) is 110 cm³/mol. The van der Waals surface area contributed by atoms with Crippen molar-refractivity contribution in [2.45, 2.75) is 39.2 Å². The molecule has 0 bridgehead atoms. The van der Waals surface area contributed by atoms with Crippen molar-refractivity contribution in [3.05, 3.63) is 71.3 Å². The highest BCUT2D eigenvalue weighted by Gasteiger charge is 2.12. The quantitative estimate of drug-likeness (QED) is 0.688. The van der Waals surface area contributed by atoms with Crippen molar-refractivity contribution in [1.82, 2.24) is 5.32 Å². The monoisotopic (exact) mass is 365 g/mol. The first-order valence-electron chi connectivity index (χ1n) is 8.91. The van der Waals surface area contributed by atoms with Crippen molar-refractivity contribution < 1.29 is 9.59 Å². The molecule has 0 aromatic heterocycles. The minimum atomic E-state index is -0.607. The number of amides is 3. The molecule has 0 spiro atoms. The molecular formula is C22H27N3O2. The Morgan fingerprint density at radius 3 is 2.11 bits per heavy atom. The van der Waals surface area contributed by atoms with Gasteiger partial charge in [-0.2, -0.15) is 0 Å².